The standard InChI is InChI=1S/C12H17BrN4O3/c1-2-16-3-4-20-9(8-16)5-15-12-10(13)6-14-7-11(12)17(18)19/h6-7,9H,2-5,8H2,1H3,(H,14,15). The normalized spacial score (nSPS) is 19.8. The van der Waals surface area contributed by atoms with Gasteiger partial charge in [0.25, 0.3) is 0 Å². The summed E-state index contributed by atoms with van der Waals surface area (Å²) in [5.74, 6) is 0. The van der Waals surface area contributed by atoms with Gasteiger partial charge >= 0.3 is 5.69 Å². The Labute approximate surface area is 125 Å². The molecular weight excluding hydrogens is 328 g/mol. The first-order chi connectivity index (χ1) is 9.61. The Balaban J connectivity index is 2.02. The Hall–Kier alpha value is -1.25. The van der Waals surface area contributed by atoms with E-state index < -0.39 is 4.92 Å². The molecule has 2 rings (SSSR count). The van der Waals surface area contributed by atoms with Gasteiger partial charge in [-0.2, -0.15) is 0 Å². The Morgan fingerprint density at radius 1 is 1.65 bits per heavy atom. The van der Waals surface area contributed by atoms with Crippen molar-refractivity contribution < 1.29 is 9.66 Å². The molecule has 20 heavy (non-hydrogen) atoms. The topological polar surface area (TPSA) is 80.5 Å². The van der Waals surface area contributed by atoms with E-state index in [9.17, 15) is 10.1 Å². The molecule has 1 fully saturated rings. The lowest BCUT2D eigenvalue weighted by Gasteiger charge is -2.32. The predicted molar refractivity (Wildman–Crippen MR) is 78.9 cm³/mol. The zero-order chi connectivity index (χ0) is 14.5. The summed E-state index contributed by atoms with van der Waals surface area (Å²) >= 11 is 3.29. The molecule has 1 N–H and O–H groups in total. The van der Waals surface area contributed by atoms with Crippen molar-refractivity contribution in [3.8, 4) is 0 Å². The van der Waals surface area contributed by atoms with Crippen LogP contribution in [-0.4, -0.2) is 53.7 Å². The Morgan fingerprint density at radius 3 is 3.15 bits per heavy atom. The molecule has 8 heteroatoms. The van der Waals surface area contributed by atoms with Crippen molar-refractivity contribution in [2.75, 3.05) is 38.1 Å². The van der Waals surface area contributed by atoms with Gasteiger partial charge in [-0.05, 0) is 22.5 Å². The van der Waals surface area contributed by atoms with Crippen molar-refractivity contribution in [3.05, 3.63) is 27.0 Å². The largest absolute Gasteiger partial charge is 0.376 e. The van der Waals surface area contributed by atoms with Crippen molar-refractivity contribution in [3.63, 3.8) is 0 Å². The highest BCUT2D eigenvalue weighted by Gasteiger charge is 2.22. The Kier molecular flexibility index (Phi) is 5.27. The second kappa shape index (κ2) is 6.96. The smallest absolute Gasteiger partial charge is 0.311 e. The molecule has 110 valence electrons. The second-order valence-electron chi connectivity index (χ2n) is 4.54. The number of hydrogen-bond donors (Lipinski definition) is 1. The van der Waals surface area contributed by atoms with Crippen LogP contribution in [0.15, 0.2) is 16.9 Å². The van der Waals surface area contributed by atoms with Crippen molar-refractivity contribution >= 4 is 27.3 Å². The maximum atomic E-state index is 11.0. The fourth-order valence-electron chi connectivity index (χ4n) is 2.15. The summed E-state index contributed by atoms with van der Waals surface area (Å²) in [5, 5.41) is 14.1. The number of halogens is 1. The molecule has 0 aliphatic carbocycles. The Bertz CT molecular complexity index is 486. The van der Waals surface area contributed by atoms with Crippen LogP contribution in [0.3, 0.4) is 0 Å². The highest BCUT2D eigenvalue weighted by atomic mass is 79.9. The molecule has 0 bridgehead atoms. The van der Waals surface area contributed by atoms with Crippen molar-refractivity contribution in [2.45, 2.75) is 13.0 Å². The lowest BCUT2D eigenvalue weighted by Crippen LogP contribution is -2.45. The number of nitrogens with zero attached hydrogens (tertiary/aromatic N) is 3. The maximum Gasteiger partial charge on any atom is 0.311 e. The molecule has 0 amide bonds. The molecule has 0 aromatic carbocycles. The molecule has 1 unspecified atom stereocenters. The quantitative estimate of drug-likeness (QED) is 0.648. The molecule has 1 saturated heterocycles. The SMILES string of the molecule is CCN1CCOC(CNc2c(Br)cncc2[N+](=O)[O-])C1. The molecule has 0 spiro atoms. The minimum atomic E-state index is -0.444. The minimum Gasteiger partial charge on any atom is -0.376 e. The van der Waals surface area contributed by atoms with Gasteiger partial charge in [0.2, 0.25) is 0 Å². The van der Waals surface area contributed by atoms with Gasteiger partial charge in [0, 0.05) is 25.8 Å². The molecular formula is C12H17BrN4O3. The average Bonchev–Trinajstić information content (AvgIpc) is 2.45. The van der Waals surface area contributed by atoms with E-state index >= 15 is 0 Å². The summed E-state index contributed by atoms with van der Waals surface area (Å²) in [7, 11) is 0. The molecule has 1 aromatic rings. The fourth-order valence-corrected chi connectivity index (χ4v) is 2.61. The summed E-state index contributed by atoms with van der Waals surface area (Å²) < 4.78 is 6.25. The lowest BCUT2D eigenvalue weighted by atomic mass is 10.2. The number of hydrogen-bond acceptors (Lipinski definition) is 6. The monoisotopic (exact) mass is 344 g/mol. The van der Waals surface area contributed by atoms with Crippen LogP contribution in [0.25, 0.3) is 0 Å². The van der Waals surface area contributed by atoms with Gasteiger partial charge in [0.05, 0.1) is 22.1 Å². The zero-order valence-corrected chi connectivity index (χ0v) is 12.8. The number of aromatic nitrogens is 1. The number of ether oxygens (including phenoxy) is 1. The zero-order valence-electron chi connectivity index (χ0n) is 11.2. The molecule has 1 aliphatic rings. The third kappa shape index (κ3) is 3.65. The van der Waals surface area contributed by atoms with Crippen LogP contribution >= 0.6 is 15.9 Å². The van der Waals surface area contributed by atoms with Gasteiger partial charge in [0.1, 0.15) is 11.9 Å². The number of nitrogens with one attached hydrogen (secondary N) is 1. The summed E-state index contributed by atoms with van der Waals surface area (Å²) in [4.78, 5) is 16.7. The van der Waals surface area contributed by atoms with E-state index in [2.05, 4.69) is 38.1 Å². The molecule has 0 saturated carbocycles. The summed E-state index contributed by atoms with van der Waals surface area (Å²) in [5.41, 5.74) is 0.407. The van der Waals surface area contributed by atoms with Gasteiger partial charge in [-0.15, -0.1) is 0 Å². The average molecular weight is 345 g/mol. The van der Waals surface area contributed by atoms with Crippen molar-refractivity contribution in [1.29, 1.82) is 0 Å². The van der Waals surface area contributed by atoms with Crippen LogP contribution in [0.4, 0.5) is 11.4 Å². The van der Waals surface area contributed by atoms with Crippen molar-refractivity contribution in [2.24, 2.45) is 0 Å². The van der Waals surface area contributed by atoms with Gasteiger partial charge in [-0.1, -0.05) is 6.92 Å². The first-order valence-electron chi connectivity index (χ1n) is 6.47. The van der Waals surface area contributed by atoms with Crippen LogP contribution in [-0.2, 0) is 4.74 Å². The number of likely N-dealkylation sites (N-methyl/N-ethyl adjacent to an activating group) is 1. The van der Waals surface area contributed by atoms with Crippen LogP contribution in [0.5, 0.6) is 0 Å². The van der Waals surface area contributed by atoms with Crippen LogP contribution in [0, 0.1) is 10.1 Å². The van der Waals surface area contributed by atoms with E-state index in [1.165, 1.54) is 12.4 Å². The number of nitro groups is 1. The third-order valence-corrected chi connectivity index (χ3v) is 3.85. The maximum absolute atomic E-state index is 11.0. The van der Waals surface area contributed by atoms with E-state index in [1.54, 1.807) is 0 Å². The summed E-state index contributed by atoms with van der Waals surface area (Å²) in [6, 6.07) is 0. The molecule has 1 aliphatic heterocycles. The highest BCUT2D eigenvalue weighted by Crippen LogP contribution is 2.31. The van der Waals surface area contributed by atoms with E-state index in [0.29, 0.717) is 23.3 Å². The number of pyridine rings is 1. The number of rotatable bonds is 5. The first-order valence-corrected chi connectivity index (χ1v) is 7.26. The van der Waals surface area contributed by atoms with E-state index in [0.717, 1.165) is 19.6 Å². The molecule has 1 aromatic heterocycles. The summed E-state index contributed by atoms with van der Waals surface area (Å²) in [6.07, 6.45) is 2.81. The van der Waals surface area contributed by atoms with Gasteiger partial charge in [-0.25, -0.2) is 0 Å². The lowest BCUT2D eigenvalue weighted by molar-refractivity contribution is -0.384. The number of anilines is 1. The van der Waals surface area contributed by atoms with Gasteiger partial charge < -0.3 is 10.1 Å². The minimum absolute atomic E-state index is 0.0309. The van der Waals surface area contributed by atoms with E-state index in [4.69, 9.17) is 4.74 Å². The first kappa shape index (κ1) is 15.1. The molecule has 2 heterocycles. The van der Waals surface area contributed by atoms with Gasteiger partial charge in [0.15, 0.2) is 0 Å². The van der Waals surface area contributed by atoms with Crippen LogP contribution in [0.1, 0.15) is 6.92 Å². The third-order valence-electron chi connectivity index (χ3n) is 3.25. The summed E-state index contributed by atoms with van der Waals surface area (Å²) in [6.45, 7) is 6.09. The molecule has 0 radical (unpaired) electrons. The predicted octanol–water partition coefficient (Wildman–Crippen LogP) is 1.88. The van der Waals surface area contributed by atoms with Gasteiger partial charge in [-0.3, -0.25) is 20.0 Å². The second-order valence-corrected chi connectivity index (χ2v) is 5.39. The Morgan fingerprint density at radius 2 is 2.45 bits per heavy atom. The molecule has 1 atom stereocenters. The number of morpholine rings is 1. The fraction of sp³-hybridized carbons (Fsp3) is 0.583. The van der Waals surface area contributed by atoms with E-state index in [-0.39, 0.29) is 11.8 Å². The van der Waals surface area contributed by atoms with Crippen molar-refractivity contribution in [1.82, 2.24) is 9.88 Å². The van der Waals surface area contributed by atoms with Crippen LogP contribution in [0.2, 0.25) is 0 Å². The van der Waals surface area contributed by atoms with E-state index in [1.807, 2.05) is 0 Å². The highest BCUT2D eigenvalue weighted by molar-refractivity contribution is 9.10. The van der Waals surface area contributed by atoms with Crippen LogP contribution < -0.4 is 5.32 Å². The molecule has 7 nitrogen and oxygen atoms in total.